The van der Waals surface area contributed by atoms with Gasteiger partial charge in [-0.15, -0.1) is 0 Å². The van der Waals surface area contributed by atoms with Gasteiger partial charge in [0.2, 0.25) is 0 Å². The van der Waals surface area contributed by atoms with Crippen molar-refractivity contribution >= 4 is 11.6 Å². The molecule has 0 aliphatic heterocycles. The van der Waals surface area contributed by atoms with Crippen LogP contribution in [0.3, 0.4) is 0 Å². The first-order chi connectivity index (χ1) is 8.66. The van der Waals surface area contributed by atoms with Gasteiger partial charge in [0, 0.05) is 0 Å². The molecule has 0 bridgehead atoms. The Bertz CT molecular complexity index is 499. The standard InChI is InChI=1S/C13H15ClN2O2/c1-10-13(14)7-15-16(10)8-11(17)9-18-12-5-3-2-4-6-12/h2-7,11,17H,8-9H2,1H3. The molecular formula is C13H15ClN2O2. The maximum atomic E-state index is 9.87. The monoisotopic (exact) mass is 266 g/mol. The molecule has 0 spiro atoms. The molecule has 4 nitrogen and oxygen atoms in total. The second-order valence-electron chi connectivity index (χ2n) is 4.04. The number of hydrogen-bond donors (Lipinski definition) is 1. The highest BCUT2D eigenvalue weighted by molar-refractivity contribution is 6.31. The minimum absolute atomic E-state index is 0.223. The van der Waals surface area contributed by atoms with Gasteiger partial charge in [-0.25, -0.2) is 0 Å². The molecular weight excluding hydrogens is 252 g/mol. The van der Waals surface area contributed by atoms with Gasteiger partial charge < -0.3 is 9.84 Å². The van der Waals surface area contributed by atoms with E-state index >= 15 is 0 Å². The maximum absolute atomic E-state index is 9.87. The summed E-state index contributed by atoms with van der Waals surface area (Å²) in [5.41, 5.74) is 0.843. The van der Waals surface area contributed by atoms with Crippen molar-refractivity contribution < 1.29 is 9.84 Å². The molecule has 18 heavy (non-hydrogen) atoms. The number of para-hydroxylation sites is 1. The van der Waals surface area contributed by atoms with Gasteiger partial charge in [-0.2, -0.15) is 5.10 Å². The summed E-state index contributed by atoms with van der Waals surface area (Å²) in [6.07, 6.45) is 0.946. The van der Waals surface area contributed by atoms with E-state index in [-0.39, 0.29) is 6.61 Å². The predicted molar refractivity (Wildman–Crippen MR) is 69.9 cm³/mol. The van der Waals surface area contributed by atoms with E-state index < -0.39 is 6.10 Å². The van der Waals surface area contributed by atoms with Crippen LogP contribution >= 0.6 is 11.6 Å². The van der Waals surface area contributed by atoms with Gasteiger partial charge in [-0.1, -0.05) is 29.8 Å². The lowest BCUT2D eigenvalue weighted by Gasteiger charge is -2.13. The summed E-state index contributed by atoms with van der Waals surface area (Å²) >= 11 is 5.89. The van der Waals surface area contributed by atoms with E-state index in [4.69, 9.17) is 16.3 Å². The van der Waals surface area contributed by atoms with Crippen molar-refractivity contribution in [1.29, 1.82) is 0 Å². The van der Waals surface area contributed by atoms with E-state index in [9.17, 15) is 5.11 Å². The van der Waals surface area contributed by atoms with Gasteiger partial charge in [0.15, 0.2) is 0 Å². The molecule has 0 aliphatic carbocycles. The number of aromatic nitrogens is 2. The summed E-state index contributed by atoms with van der Waals surface area (Å²) in [6.45, 7) is 2.45. The van der Waals surface area contributed by atoms with Crippen LogP contribution in [0, 0.1) is 6.92 Å². The van der Waals surface area contributed by atoms with Crippen molar-refractivity contribution in [2.45, 2.75) is 19.6 Å². The fourth-order valence-corrected chi connectivity index (χ4v) is 1.71. The number of nitrogens with zero attached hydrogens (tertiary/aromatic N) is 2. The van der Waals surface area contributed by atoms with Crippen molar-refractivity contribution in [2.75, 3.05) is 6.61 Å². The molecule has 0 aliphatic rings. The van der Waals surface area contributed by atoms with Crippen LogP contribution in [-0.2, 0) is 6.54 Å². The summed E-state index contributed by atoms with van der Waals surface area (Å²) in [5.74, 6) is 0.742. The number of aliphatic hydroxyl groups excluding tert-OH is 1. The summed E-state index contributed by atoms with van der Waals surface area (Å²) in [5, 5.41) is 14.6. The second kappa shape index (κ2) is 5.89. The average Bonchev–Trinajstić information content (AvgIpc) is 2.70. The Labute approximate surface area is 111 Å². The highest BCUT2D eigenvalue weighted by Gasteiger charge is 2.10. The predicted octanol–water partition coefficient (Wildman–Crippen LogP) is 2.28. The molecule has 5 heteroatoms. The molecule has 2 aromatic rings. The zero-order chi connectivity index (χ0) is 13.0. The first kappa shape index (κ1) is 12.9. The minimum Gasteiger partial charge on any atom is -0.491 e. The normalized spacial score (nSPS) is 12.4. The number of hydrogen-bond acceptors (Lipinski definition) is 3. The van der Waals surface area contributed by atoms with Crippen LogP contribution in [0.15, 0.2) is 36.5 Å². The summed E-state index contributed by atoms with van der Waals surface area (Å²) in [7, 11) is 0. The number of benzene rings is 1. The van der Waals surface area contributed by atoms with E-state index in [1.54, 1.807) is 10.9 Å². The Morgan fingerprint density at radius 3 is 2.72 bits per heavy atom. The van der Waals surface area contributed by atoms with Crippen LogP contribution in [-0.4, -0.2) is 27.6 Å². The Kier molecular flexibility index (Phi) is 4.23. The van der Waals surface area contributed by atoms with Gasteiger partial charge in [0.25, 0.3) is 0 Å². The topological polar surface area (TPSA) is 47.3 Å². The number of ether oxygens (including phenoxy) is 1. The number of aliphatic hydroxyl groups is 1. The minimum atomic E-state index is -0.625. The van der Waals surface area contributed by atoms with E-state index in [1.807, 2.05) is 37.3 Å². The molecule has 0 fully saturated rings. The van der Waals surface area contributed by atoms with Crippen LogP contribution in [0.4, 0.5) is 0 Å². The third kappa shape index (κ3) is 3.24. The fraction of sp³-hybridized carbons (Fsp3) is 0.308. The van der Waals surface area contributed by atoms with Gasteiger partial charge >= 0.3 is 0 Å². The lowest BCUT2D eigenvalue weighted by atomic mass is 10.3. The lowest BCUT2D eigenvalue weighted by molar-refractivity contribution is 0.0888. The smallest absolute Gasteiger partial charge is 0.119 e. The molecule has 0 amide bonds. The average molecular weight is 267 g/mol. The molecule has 1 heterocycles. The van der Waals surface area contributed by atoms with Gasteiger partial charge in [-0.3, -0.25) is 4.68 Å². The van der Waals surface area contributed by atoms with Crippen LogP contribution in [0.25, 0.3) is 0 Å². The molecule has 1 N–H and O–H groups in total. The quantitative estimate of drug-likeness (QED) is 0.903. The van der Waals surface area contributed by atoms with Crippen molar-refractivity contribution in [3.63, 3.8) is 0 Å². The van der Waals surface area contributed by atoms with Crippen molar-refractivity contribution in [1.82, 2.24) is 9.78 Å². The van der Waals surface area contributed by atoms with E-state index in [1.165, 1.54) is 0 Å². The Balaban J connectivity index is 1.86. The zero-order valence-corrected chi connectivity index (χ0v) is 10.8. The van der Waals surface area contributed by atoms with Crippen molar-refractivity contribution in [3.8, 4) is 5.75 Å². The third-order valence-electron chi connectivity index (χ3n) is 2.61. The maximum Gasteiger partial charge on any atom is 0.119 e. The highest BCUT2D eigenvalue weighted by atomic mass is 35.5. The Morgan fingerprint density at radius 1 is 1.39 bits per heavy atom. The molecule has 2 rings (SSSR count). The van der Waals surface area contributed by atoms with E-state index in [0.29, 0.717) is 11.6 Å². The largest absolute Gasteiger partial charge is 0.491 e. The SMILES string of the molecule is Cc1c(Cl)cnn1CC(O)COc1ccccc1. The molecule has 96 valence electrons. The first-order valence-electron chi connectivity index (χ1n) is 5.70. The lowest BCUT2D eigenvalue weighted by Crippen LogP contribution is -2.24. The molecule has 1 aromatic heterocycles. The fourth-order valence-electron chi connectivity index (χ4n) is 1.57. The molecule has 1 atom stereocenters. The van der Waals surface area contributed by atoms with Crippen molar-refractivity contribution in [3.05, 3.63) is 47.2 Å². The molecule has 1 unspecified atom stereocenters. The summed E-state index contributed by atoms with van der Waals surface area (Å²) in [6, 6.07) is 9.39. The summed E-state index contributed by atoms with van der Waals surface area (Å²) < 4.78 is 7.13. The molecule has 0 saturated heterocycles. The molecule has 1 aromatic carbocycles. The van der Waals surface area contributed by atoms with Gasteiger partial charge in [0.1, 0.15) is 18.5 Å². The zero-order valence-electron chi connectivity index (χ0n) is 10.1. The Hall–Kier alpha value is -1.52. The summed E-state index contributed by atoms with van der Waals surface area (Å²) in [4.78, 5) is 0. The van der Waals surface area contributed by atoms with E-state index in [2.05, 4.69) is 5.10 Å². The van der Waals surface area contributed by atoms with Crippen LogP contribution in [0.1, 0.15) is 5.69 Å². The van der Waals surface area contributed by atoms with Crippen LogP contribution in [0.5, 0.6) is 5.75 Å². The third-order valence-corrected chi connectivity index (χ3v) is 2.98. The van der Waals surface area contributed by atoms with Crippen LogP contribution in [0.2, 0.25) is 5.02 Å². The molecule has 0 saturated carbocycles. The van der Waals surface area contributed by atoms with Crippen molar-refractivity contribution in [2.24, 2.45) is 0 Å². The molecule has 0 radical (unpaired) electrons. The highest BCUT2D eigenvalue weighted by Crippen LogP contribution is 2.14. The van der Waals surface area contributed by atoms with Gasteiger partial charge in [0.05, 0.1) is 23.5 Å². The first-order valence-corrected chi connectivity index (χ1v) is 6.08. The number of halogens is 1. The Morgan fingerprint density at radius 2 is 2.11 bits per heavy atom. The number of rotatable bonds is 5. The van der Waals surface area contributed by atoms with E-state index in [0.717, 1.165) is 11.4 Å². The second-order valence-corrected chi connectivity index (χ2v) is 4.45. The van der Waals surface area contributed by atoms with Crippen LogP contribution < -0.4 is 4.74 Å². The van der Waals surface area contributed by atoms with Gasteiger partial charge in [-0.05, 0) is 19.1 Å².